The van der Waals surface area contributed by atoms with E-state index >= 15 is 0 Å². The Labute approximate surface area is 121 Å². The molecule has 2 rings (SSSR count). The van der Waals surface area contributed by atoms with Crippen molar-refractivity contribution in [3.63, 3.8) is 0 Å². The monoisotopic (exact) mass is 297 g/mol. The number of hydrogen-bond acceptors (Lipinski definition) is 3. The minimum absolute atomic E-state index is 0.0126. The predicted octanol–water partition coefficient (Wildman–Crippen LogP) is 2.39. The van der Waals surface area contributed by atoms with Gasteiger partial charge >= 0.3 is 0 Å². The fraction of sp³-hybridized carbons (Fsp3) is 0.600. The Balaban J connectivity index is 2.23. The van der Waals surface area contributed by atoms with Gasteiger partial charge in [0.05, 0.1) is 11.0 Å². The second-order valence-electron chi connectivity index (χ2n) is 6.28. The van der Waals surface area contributed by atoms with Gasteiger partial charge in [-0.05, 0) is 29.5 Å². The van der Waals surface area contributed by atoms with Gasteiger partial charge in [0.15, 0.2) is 0 Å². The van der Waals surface area contributed by atoms with Crippen LogP contribution < -0.4 is 0 Å². The molecule has 0 bridgehead atoms. The minimum Gasteiger partial charge on any atom is -0.380 e. The Bertz CT molecular complexity index is 558. The summed E-state index contributed by atoms with van der Waals surface area (Å²) >= 11 is 0. The summed E-state index contributed by atoms with van der Waals surface area (Å²) in [6.07, 6.45) is 0.772. The fourth-order valence-corrected chi connectivity index (χ4v) is 3.87. The quantitative estimate of drug-likeness (QED) is 0.860. The molecule has 1 atom stereocenters. The van der Waals surface area contributed by atoms with Crippen LogP contribution in [0.5, 0.6) is 0 Å². The van der Waals surface area contributed by atoms with Crippen LogP contribution >= 0.6 is 0 Å². The van der Waals surface area contributed by atoms with Gasteiger partial charge in [-0.25, -0.2) is 8.42 Å². The van der Waals surface area contributed by atoms with E-state index in [1.807, 2.05) is 12.1 Å². The van der Waals surface area contributed by atoms with Crippen molar-refractivity contribution in [2.24, 2.45) is 0 Å². The first-order valence-electron chi connectivity index (χ1n) is 6.88. The predicted molar refractivity (Wildman–Crippen MR) is 79.3 cm³/mol. The average molecular weight is 297 g/mol. The second-order valence-corrected chi connectivity index (χ2v) is 8.22. The van der Waals surface area contributed by atoms with E-state index in [0.29, 0.717) is 18.0 Å². The summed E-state index contributed by atoms with van der Waals surface area (Å²) in [5, 5.41) is 0. The smallest absolute Gasteiger partial charge is 0.243 e. The molecular formula is C15H23NO3S. The number of rotatable bonds is 3. The molecule has 1 aromatic carbocycles. The van der Waals surface area contributed by atoms with Crippen LogP contribution in [0.4, 0.5) is 0 Å². The SMILES string of the molecule is COC1CCN(S(=O)(=O)c2ccc(C(C)(C)C)cc2)C1. The van der Waals surface area contributed by atoms with Gasteiger partial charge in [-0.15, -0.1) is 0 Å². The maximum absolute atomic E-state index is 12.5. The van der Waals surface area contributed by atoms with Gasteiger partial charge in [0, 0.05) is 20.2 Å². The highest BCUT2D eigenvalue weighted by atomic mass is 32.2. The standard InChI is InChI=1S/C15H23NO3S/c1-15(2,3)12-5-7-14(8-6-12)20(17,18)16-10-9-13(11-16)19-4/h5-8,13H,9-11H2,1-4H3. The first kappa shape index (κ1) is 15.5. The zero-order chi connectivity index (χ0) is 15.0. The molecule has 5 heteroatoms. The molecule has 1 fully saturated rings. The number of methoxy groups -OCH3 is 1. The van der Waals surface area contributed by atoms with E-state index in [9.17, 15) is 8.42 Å². The summed E-state index contributed by atoms with van der Waals surface area (Å²) in [4.78, 5) is 0.363. The lowest BCUT2D eigenvalue weighted by Gasteiger charge is -2.20. The van der Waals surface area contributed by atoms with E-state index in [4.69, 9.17) is 4.74 Å². The van der Waals surface area contributed by atoms with E-state index in [1.165, 1.54) is 4.31 Å². The van der Waals surface area contributed by atoms with Crippen molar-refractivity contribution in [3.05, 3.63) is 29.8 Å². The second kappa shape index (κ2) is 5.47. The molecule has 0 aromatic heterocycles. The van der Waals surface area contributed by atoms with Crippen molar-refractivity contribution in [3.8, 4) is 0 Å². The zero-order valence-corrected chi connectivity index (χ0v) is 13.4. The Morgan fingerprint density at radius 1 is 1.20 bits per heavy atom. The summed E-state index contributed by atoms with van der Waals surface area (Å²) in [6, 6.07) is 7.21. The third kappa shape index (κ3) is 3.05. The van der Waals surface area contributed by atoms with Crippen LogP contribution in [0.15, 0.2) is 29.2 Å². The van der Waals surface area contributed by atoms with Crippen molar-refractivity contribution in [1.82, 2.24) is 4.31 Å². The third-order valence-electron chi connectivity index (χ3n) is 3.80. The Hall–Kier alpha value is -0.910. The lowest BCUT2D eigenvalue weighted by molar-refractivity contribution is 0.115. The number of sulfonamides is 1. The molecule has 1 aliphatic heterocycles. The molecule has 1 saturated heterocycles. The van der Waals surface area contributed by atoms with Crippen LogP contribution in [-0.2, 0) is 20.2 Å². The van der Waals surface area contributed by atoms with Gasteiger partial charge in [-0.3, -0.25) is 0 Å². The molecule has 0 amide bonds. The van der Waals surface area contributed by atoms with Crippen LogP contribution in [-0.4, -0.2) is 39.0 Å². The van der Waals surface area contributed by atoms with Crippen molar-refractivity contribution in [2.75, 3.05) is 20.2 Å². The zero-order valence-electron chi connectivity index (χ0n) is 12.6. The molecular weight excluding hydrogens is 274 g/mol. The van der Waals surface area contributed by atoms with Crippen LogP contribution in [0.3, 0.4) is 0 Å². The van der Waals surface area contributed by atoms with Crippen molar-refractivity contribution in [1.29, 1.82) is 0 Å². The van der Waals surface area contributed by atoms with Gasteiger partial charge in [-0.1, -0.05) is 32.9 Å². The number of ether oxygens (including phenoxy) is 1. The van der Waals surface area contributed by atoms with E-state index in [1.54, 1.807) is 19.2 Å². The van der Waals surface area contributed by atoms with Crippen LogP contribution in [0.1, 0.15) is 32.8 Å². The summed E-state index contributed by atoms with van der Waals surface area (Å²) in [5.74, 6) is 0. The Kier molecular flexibility index (Phi) is 4.23. The number of benzene rings is 1. The molecule has 1 aromatic rings. The fourth-order valence-electron chi connectivity index (χ4n) is 2.38. The highest BCUT2D eigenvalue weighted by Gasteiger charge is 2.32. The summed E-state index contributed by atoms with van der Waals surface area (Å²) < 4.78 is 31.8. The van der Waals surface area contributed by atoms with Crippen LogP contribution in [0, 0.1) is 0 Å². The minimum atomic E-state index is -3.39. The molecule has 0 aliphatic carbocycles. The summed E-state index contributed by atoms with van der Waals surface area (Å²) in [7, 11) is -1.77. The van der Waals surface area contributed by atoms with Gasteiger partial charge in [0.2, 0.25) is 10.0 Å². The van der Waals surface area contributed by atoms with E-state index in [2.05, 4.69) is 20.8 Å². The average Bonchev–Trinajstić information content (AvgIpc) is 2.87. The third-order valence-corrected chi connectivity index (χ3v) is 5.68. The highest BCUT2D eigenvalue weighted by Crippen LogP contribution is 2.26. The van der Waals surface area contributed by atoms with Crippen molar-refractivity contribution >= 4 is 10.0 Å². The number of nitrogens with zero attached hydrogens (tertiary/aromatic N) is 1. The van der Waals surface area contributed by atoms with Crippen molar-refractivity contribution in [2.45, 2.75) is 43.6 Å². The molecule has 1 aliphatic rings. The highest BCUT2D eigenvalue weighted by molar-refractivity contribution is 7.89. The summed E-state index contributed by atoms with van der Waals surface area (Å²) in [6.45, 7) is 7.31. The lowest BCUT2D eigenvalue weighted by atomic mass is 9.87. The van der Waals surface area contributed by atoms with E-state index < -0.39 is 10.0 Å². The van der Waals surface area contributed by atoms with Gasteiger partial charge in [0.1, 0.15) is 0 Å². The molecule has 112 valence electrons. The topological polar surface area (TPSA) is 46.6 Å². The maximum Gasteiger partial charge on any atom is 0.243 e. The van der Waals surface area contributed by atoms with Gasteiger partial charge in [0.25, 0.3) is 0 Å². The lowest BCUT2D eigenvalue weighted by Crippen LogP contribution is -2.30. The Morgan fingerprint density at radius 3 is 2.25 bits per heavy atom. The van der Waals surface area contributed by atoms with E-state index in [-0.39, 0.29) is 11.5 Å². The van der Waals surface area contributed by atoms with Gasteiger partial charge in [-0.2, -0.15) is 4.31 Å². The molecule has 0 saturated carbocycles. The molecule has 4 nitrogen and oxygen atoms in total. The normalized spacial score (nSPS) is 21.3. The largest absolute Gasteiger partial charge is 0.380 e. The molecule has 0 N–H and O–H groups in total. The van der Waals surface area contributed by atoms with E-state index in [0.717, 1.165) is 12.0 Å². The van der Waals surface area contributed by atoms with Crippen LogP contribution in [0.25, 0.3) is 0 Å². The molecule has 20 heavy (non-hydrogen) atoms. The van der Waals surface area contributed by atoms with Crippen LogP contribution in [0.2, 0.25) is 0 Å². The first-order chi connectivity index (χ1) is 9.25. The molecule has 1 unspecified atom stereocenters. The van der Waals surface area contributed by atoms with Gasteiger partial charge < -0.3 is 4.74 Å². The van der Waals surface area contributed by atoms with Crippen molar-refractivity contribution < 1.29 is 13.2 Å². The summed E-state index contributed by atoms with van der Waals surface area (Å²) in [5.41, 5.74) is 1.16. The molecule has 0 spiro atoms. The first-order valence-corrected chi connectivity index (χ1v) is 8.32. The Morgan fingerprint density at radius 2 is 1.80 bits per heavy atom. The number of hydrogen-bond donors (Lipinski definition) is 0. The molecule has 1 heterocycles. The molecule has 0 radical (unpaired) electrons. The maximum atomic E-state index is 12.5.